The van der Waals surface area contributed by atoms with Gasteiger partial charge in [0.15, 0.2) is 0 Å². The second kappa shape index (κ2) is 6.56. The Kier molecular flexibility index (Phi) is 4.78. The molecule has 1 unspecified atom stereocenters. The van der Waals surface area contributed by atoms with E-state index in [-0.39, 0.29) is 18.1 Å². The van der Waals surface area contributed by atoms with Gasteiger partial charge < -0.3 is 15.2 Å². The van der Waals surface area contributed by atoms with Crippen molar-refractivity contribution < 1.29 is 14.6 Å². The molecule has 0 bridgehead atoms. The van der Waals surface area contributed by atoms with E-state index in [1.165, 1.54) is 0 Å². The molecule has 4 nitrogen and oxygen atoms in total. The molecule has 4 heteroatoms. The number of benzene rings is 1. The number of amides is 1. The summed E-state index contributed by atoms with van der Waals surface area (Å²) in [6.45, 7) is 3.16. The van der Waals surface area contributed by atoms with Crippen molar-refractivity contribution in [2.45, 2.75) is 25.3 Å². The summed E-state index contributed by atoms with van der Waals surface area (Å²) in [6, 6.07) is 7.03. The van der Waals surface area contributed by atoms with Crippen LogP contribution in [0.5, 0.6) is 0 Å². The Morgan fingerprint density at radius 3 is 2.80 bits per heavy atom. The van der Waals surface area contributed by atoms with Crippen LogP contribution in [0.3, 0.4) is 0 Å². The van der Waals surface area contributed by atoms with Gasteiger partial charge in [-0.05, 0) is 44.0 Å². The van der Waals surface area contributed by atoms with Crippen LogP contribution in [-0.2, 0) is 4.74 Å². The van der Waals surface area contributed by atoms with Crippen LogP contribution < -0.4 is 5.32 Å². The van der Waals surface area contributed by atoms with Crippen LogP contribution in [0, 0.1) is 11.8 Å². The highest BCUT2D eigenvalue weighted by Crippen LogP contribution is 2.19. The topological polar surface area (TPSA) is 58.6 Å². The van der Waals surface area contributed by atoms with E-state index in [0.29, 0.717) is 12.2 Å². The summed E-state index contributed by atoms with van der Waals surface area (Å²) in [4.78, 5) is 12.2. The van der Waals surface area contributed by atoms with E-state index in [1.54, 1.807) is 24.3 Å². The van der Waals surface area contributed by atoms with Gasteiger partial charge in [-0.15, -0.1) is 0 Å². The van der Waals surface area contributed by atoms with Gasteiger partial charge in [0.2, 0.25) is 0 Å². The molecule has 1 saturated heterocycles. The lowest BCUT2D eigenvalue weighted by Crippen LogP contribution is -2.51. The van der Waals surface area contributed by atoms with Gasteiger partial charge in [-0.3, -0.25) is 4.79 Å². The van der Waals surface area contributed by atoms with Crippen LogP contribution >= 0.6 is 0 Å². The van der Waals surface area contributed by atoms with E-state index in [9.17, 15) is 4.79 Å². The molecule has 1 aromatic rings. The Morgan fingerprint density at radius 2 is 2.20 bits per heavy atom. The third kappa shape index (κ3) is 3.83. The predicted octanol–water partition coefficient (Wildman–Crippen LogP) is 1.33. The van der Waals surface area contributed by atoms with E-state index in [1.807, 2.05) is 6.92 Å². The van der Waals surface area contributed by atoms with Crippen LogP contribution in [0.2, 0.25) is 0 Å². The fourth-order valence-corrected chi connectivity index (χ4v) is 2.23. The molecule has 0 spiro atoms. The Morgan fingerprint density at radius 1 is 1.45 bits per heavy atom. The van der Waals surface area contributed by atoms with Crippen molar-refractivity contribution in [1.29, 1.82) is 0 Å². The van der Waals surface area contributed by atoms with E-state index in [0.717, 1.165) is 25.0 Å². The zero-order valence-corrected chi connectivity index (χ0v) is 11.6. The average Bonchev–Trinajstić information content (AvgIpc) is 2.46. The van der Waals surface area contributed by atoms with Crippen molar-refractivity contribution in [2.24, 2.45) is 0 Å². The highest BCUT2D eigenvalue weighted by molar-refractivity contribution is 5.94. The van der Waals surface area contributed by atoms with Gasteiger partial charge in [-0.25, -0.2) is 0 Å². The molecule has 106 valence electrons. The first-order valence-electron chi connectivity index (χ1n) is 6.73. The summed E-state index contributed by atoms with van der Waals surface area (Å²) in [7, 11) is 0. The van der Waals surface area contributed by atoms with Gasteiger partial charge in [0.1, 0.15) is 6.61 Å². The Hall–Kier alpha value is -1.83. The SMILES string of the molecule is CC1(NC(=O)c2ccc(C#CCO)cc2)CCCOC1. The molecule has 2 rings (SSSR count). The molecule has 1 aliphatic heterocycles. The standard InChI is InChI=1S/C16H19NO3/c1-16(9-3-11-20-12-16)17-15(19)14-7-5-13(6-8-14)4-2-10-18/h5-8,18H,3,9-12H2,1H3,(H,17,19). The molecule has 20 heavy (non-hydrogen) atoms. The lowest BCUT2D eigenvalue weighted by molar-refractivity contribution is 0.0272. The first-order valence-corrected chi connectivity index (χ1v) is 6.73. The van der Waals surface area contributed by atoms with E-state index >= 15 is 0 Å². The molecule has 1 atom stereocenters. The van der Waals surface area contributed by atoms with Gasteiger partial charge in [-0.2, -0.15) is 0 Å². The van der Waals surface area contributed by atoms with Gasteiger partial charge in [-0.1, -0.05) is 11.8 Å². The van der Waals surface area contributed by atoms with E-state index < -0.39 is 0 Å². The quantitative estimate of drug-likeness (QED) is 0.799. The number of aliphatic hydroxyl groups is 1. The highest BCUT2D eigenvalue weighted by Gasteiger charge is 2.29. The minimum atomic E-state index is -0.287. The third-order valence-corrected chi connectivity index (χ3v) is 3.31. The normalized spacial score (nSPS) is 21.7. The molecule has 1 fully saturated rings. The predicted molar refractivity (Wildman–Crippen MR) is 76.3 cm³/mol. The zero-order valence-electron chi connectivity index (χ0n) is 11.6. The first kappa shape index (κ1) is 14.6. The highest BCUT2D eigenvalue weighted by atomic mass is 16.5. The van der Waals surface area contributed by atoms with Gasteiger partial charge in [0.05, 0.1) is 12.1 Å². The Balaban J connectivity index is 2.02. The molecule has 1 aliphatic rings. The number of aliphatic hydroxyl groups excluding tert-OH is 1. The lowest BCUT2D eigenvalue weighted by atomic mass is 9.94. The Labute approximate surface area is 119 Å². The fourth-order valence-electron chi connectivity index (χ4n) is 2.23. The number of carbonyl (C=O) groups is 1. The molecule has 1 heterocycles. The largest absolute Gasteiger partial charge is 0.384 e. The number of rotatable bonds is 2. The van der Waals surface area contributed by atoms with Crippen LogP contribution in [0.1, 0.15) is 35.7 Å². The third-order valence-electron chi connectivity index (χ3n) is 3.31. The second-order valence-electron chi connectivity index (χ2n) is 5.21. The summed E-state index contributed by atoms with van der Waals surface area (Å²) < 4.78 is 5.43. The molecule has 0 aromatic heterocycles. The number of hydrogen-bond donors (Lipinski definition) is 2. The molecule has 0 radical (unpaired) electrons. The fraction of sp³-hybridized carbons (Fsp3) is 0.438. The van der Waals surface area contributed by atoms with Crippen molar-refractivity contribution in [1.82, 2.24) is 5.32 Å². The van der Waals surface area contributed by atoms with Gasteiger partial charge in [0.25, 0.3) is 5.91 Å². The Bertz CT molecular complexity index is 519. The molecule has 1 aromatic carbocycles. The molecule has 0 aliphatic carbocycles. The summed E-state index contributed by atoms with van der Waals surface area (Å²) in [6.07, 6.45) is 1.89. The lowest BCUT2D eigenvalue weighted by Gasteiger charge is -2.34. The van der Waals surface area contributed by atoms with Crippen molar-refractivity contribution in [3.63, 3.8) is 0 Å². The van der Waals surface area contributed by atoms with Crippen LogP contribution in [0.15, 0.2) is 24.3 Å². The first-order chi connectivity index (χ1) is 9.63. The maximum Gasteiger partial charge on any atom is 0.251 e. The maximum atomic E-state index is 12.2. The van der Waals surface area contributed by atoms with Crippen LogP contribution in [0.25, 0.3) is 0 Å². The van der Waals surface area contributed by atoms with E-state index in [4.69, 9.17) is 9.84 Å². The summed E-state index contributed by atoms with van der Waals surface area (Å²) >= 11 is 0. The molecular formula is C16H19NO3. The molecule has 2 N–H and O–H groups in total. The van der Waals surface area contributed by atoms with Crippen LogP contribution in [-0.4, -0.2) is 36.4 Å². The zero-order chi connectivity index (χ0) is 14.4. The van der Waals surface area contributed by atoms with Crippen molar-refractivity contribution >= 4 is 5.91 Å². The van der Waals surface area contributed by atoms with Crippen molar-refractivity contribution in [2.75, 3.05) is 19.8 Å². The minimum Gasteiger partial charge on any atom is -0.384 e. The van der Waals surface area contributed by atoms with Crippen molar-refractivity contribution in [3.05, 3.63) is 35.4 Å². The van der Waals surface area contributed by atoms with Crippen LogP contribution in [0.4, 0.5) is 0 Å². The van der Waals surface area contributed by atoms with E-state index in [2.05, 4.69) is 17.2 Å². The van der Waals surface area contributed by atoms with Gasteiger partial charge in [0, 0.05) is 17.7 Å². The number of carbonyl (C=O) groups excluding carboxylic acids is 1. The summed E-state index contributed by atoms with van der Waals surface area (Å²) in [5.41, 5.74) is 1.10. The maximum absolute atomic E-state index is 12.2. The number of ether oxygens (including phenoxy) is 1. The smallest absolute Gasteiger partial charge is 0.251 e. The van der Waals surface area contributed by atoms with Gasteiger partial charge >= 0.3 is 0 Å². The molecular weight excluding hydrogens is 254 g/mol. The molecule has 1 amide bonds. The number of nitrogens with one attached hydrogen (secondary N) is 1. The molecule has 0 saturated carbocycles. The second-order valence-corrected chi connectivity index (χ2v) is 5.21. The summed E-state index contributed by atoms with van der Waals surface area (Å²) in [5, 5.41) is 11.7. The van der Waals surface area contributed by atoms with Crippen molar-refractivity contribution in [3.8, 4) is 11.8 Å². The monoisotopic (exact) mass is 273 g/mol. The average molecular weight is 273 g/mol. The summed E-state index contributed by atoms with van der Waals surface area (Å²) in [5.74, 6) is 5.27. The minimum absolute atomic E-state index is 0.0975. The number of hydrogen-bond acceptors (Lipinski definition) is 3.